The average molecular weight is 228 g/mol. The molecular weight excluding hydrogens is 219 g/mol. The van der Waals surface area contributed by atoms with E-state index in [2.05, 4.69) is 0 Å². The lowest BCUT2D eigenvalue weighted by atomic mass is 10.2. The van der Waals surface area contributed by atoms with Crippen molar-refractivity contribution in [2.75, 3.05) is 6.26 Å². The normalized spacial score (nSPS) is 11.1. The minimum absolute atomic E-state index is 0.242. The third kappa shape index (κ3) is 1.65. The molecule has 14 heavy (non-hydrogen) atoms. The highest BCUT2D eigenvalue weighted by molar-refractivity contribution is 8.00. The van der Waals surface area contributed by atoms with Gasteiger partial charge in [0.05, 0.1) is 10.8 Å². The number of hydrogen-bond acceptors (Lipinski definition) is 3. The first-order valence-electron chi connectivity index (χ1n) is 4.11. The summed E-state index contributed by atoms with van der Waals surface area (Å²) in [6.07, 6.45) is 1.99. The molecule has 1 aromatic heterocycles. The van der Waals surface area contributed by atoms with E-state index in [0.717, 1.165) is 14.3 Å². The van der Waals surface area contributed by atoms with Gasteiger partial charge in [-0.2, -0.15) is 0 Å². The fourth-order valence-electron chi connectivity index (χ4n) is 1.30. The van der Waals surface area contributed by atoms with E-state index in [9.17, 15) is 4.39 Å². The second-order valence-electron chi connectivity index (χ2n) is 2.91. The molecular formula is C10H9FOS2. The SMILES string of the molecule is CSc1cc2cc(F)c(CO)cc2s1. The molecule has 2 aromatic rings. The molecule has 0 amide bonds. The van der Waals surface area contributed by atoms with Crippen LogP contribution in [0.2, 0.25) is 0 Å². The zero-order valence-electron chi connectivity index (χ0n) is 7.58. The van der Waals surface area contributed by atoms with E-state index in [1.165, 1.54) is 6.07 Å². The first-order chi connectivity index (χ1) is 6.74. The summed E-state index contributed by atoms with van der Waals surface area (Å²) in [6, 6.07) is 5.17. The van der Waals surface area contributed by atoms with E-state index in [1.54, 1.807) is 29.2 Å². The summed E-state index contributed by atoms with van der Waals surface area (Å²) < 4.78 is 15.5. The van der Waals surface area contributed by atoms with Gasteiger partial charge in [0.15, 0.2) is 0 Å². The summed E-state index contributed by atoms with van der Waals surface area (Å²) in [5.74, 6) is -0.328. The average Bonchev–Trinajstić information content (AvgIpc) is 2.58. The molecule has 0 saturated heterocycles. The topological polar surface area (TPSA) is 20.2 Å². The van der Waals surface area contributed by atoms with Crippen molar-refractivity contribution in [3.8, 4) is 0 Å². The van der Waals surface area contributed by atoms with Crippen molar-refractivity contribution in [1.82, 2.24) is 0 Å². The molecule has 0 atom stereocenters. The molecule has 0 bridgehead atoms. The predicted molar refractivity (Wildman–Crippen MR) is 59.5 cm³/mol. The van der Waals surface area contributed by atoms with Crippen molar-refractivity contribution in [2.24, 2.45) is 0 Å². The highest BCUT2D eigenvalue weighted by Gasteiger charge is 2.06. The van der Waals surface area contributed by atoms with Crippen molar-refractivity contribution in [1.29, 1.82) is 0 Å². The maximum Gasteiger partial charge on any atom is 0.129 e. The van der Waals surface area contributed by atoms with Crippen LogP contribution in [0.1, 0.15) is 5.56 Å². The summed E-state index contributed by atoms with van der Waals surface area (Å²) in [7, 11) is 0. The smallest absolute Gasteiger partial charge is 0.129 e. The predicted octanol–water partition coefficient (Wildman–Crippen LogP) is 3.25. The number of hydrogen-bond donors (Lipinski definition) is 1. The second kappa shape index (κ2) is 3.88. The Hall–Kier alpha value is -0.580. The Kier molecular flexibility index (Phi) is 2.76. The van der Waals surface area contributed by atoms with Gasteiger partial charge in [-0.25, -0.2) is 4.39 Å². The highest BCUT2D eigenvalue weighted by atomic mass is 32.2. The Morgan fingerprint density at radius 2 is 2.21 bits per heavy atom. The summed E-state index contributed by atoms with van der Waals surface area (Å²) >= 11 is 3.27. The van der Waals surface area contributed by atoms with Gasteiger partial charge in [0.1, 0.15) is 5.82 Å². The van der Waals surface area contributed by atoms with Gasteiger partial charge in [0.25, 0.3) is 0 Å². The summed E-state index contributed by atoms with van der Waals surface area (Å²) in [4.78, 5) is 0. The van der Waals surface area contributed by atoms with Crippen molar-refractivity contribution in [3.05, 3.63) is 29.6 Å². The molecule has 0 saturated carbocycles. The van der Waals surface area contributed by atoms with Crippen LogP contribution in [0.15, 0.2) is 22.4 Å². The lowest BCUT2D eigenvalue weighted by Gasteiger charge is -1.97. The number of thiophene rings is 1. The van der Waals surface area contributed by atoms with Crippen LogP contribution in [0.5, 0.6) is 0 Å². The van der Waals surface area contributed by atoms with E-state index < -0.39 is 0 Å². The maximum absolute atomic E-state index is 13.3. The first kappa shape index (κ1) is 9.96. The van der Waals surface area contributed by atoms with Crippen molar-refractivity contribution in [3.63, 3.8) is 0 Å². The number of aliphatic hydroxyl groups excluding tert-OH is 1. The molecule has 4 heteroatoms. The van der Waals surface area contributed by atoms with Gasteiger partial charge in [-0.15, -0.1) is 23.1 Å². The lowest BCUT2D eigenvalue weighted by Crippen LogP contribution is -1.87. The molecule has 0 aliphatic heterocycles. The summed E-state index contributed by atoms with van der Waals surface area (Å²) in [6.45, 7) is -0.242. The minimum Gasteiger partial charge on any atom is -0.392 e. The van der Waals surface area contributed by atoms with Crippen LogP contribution in [-0.2, 0) is 6.61 Å². The molecule has 0 unspecified atom stereocenters. The fourth-order valence-corrected chi connectivity index (χ4v) is 2.99. The van der Waals surface area contributed by atoms with Gasteiger partial charge < -0.3 is 5.11 Å². The van der Waals surface area contributed by atoms with Crippen LogP contribution in [0, 0.1) is 5.82 Å². The molecule has 1 heterocycles. The van der Waals surface area contributed by atoms with Gasteiger partial charge in [0.2, 0.25) is 0 Å². The molecule has 2 rings (SSSR count). The molecule has 1 aromatic carbocycles. The van der Waals surface area contributed by atoms with Gasteiger partial charge >= 0.3 is 0 Å². The van der Waals surface area contributed by atoms with Crippen LogP contribution in [0.25, 0.3) is 10.1 Å². The first-order valence-corrected chi connectivity index (χ1v) is 6.15. The van der Waals surface area contributed by atoms with Crippen LogP contribution < -0.4 is 0 Å². The largest absolute Gasteiger partial charge is 0.392 e. The molecule has 74 valence electrons. The number of fused-ring (bicyclic) bond motifs is 1. The summed E-state index contributed by atoms with van der Waals surface area (Å²) in [5, 5.41) is 9.81. The molecule has 0 radical (unpaired) electrons. The monoisotopic (exact) mass is 228 g/mol. The number of benzene rings is 1. The number of halogens is 1. The van der Waals surface area contributed by atoms with Crippen LogP contribution >= 0.6 is 23.1 Å². The fraction of sp³-hybridized carbons (Fsp3) is 0.200. The maximum atomic E-state index is 13.3. The van der Waals surface area contributed by atoms with Gasteiger partial charge in [-0.05, 0) is 29.8 Å². The third-order valence-corrected chi connectivity index (χ3v) is 4.20. The van der Waals surface area contributed by atoms with Crippen molar-refractivity contribution < 1.29 is 9.50 Å². The Morgan fingerprint density at radius 1 is 1.43 bits per heavy atom. The Morgan fingerprint density at radius 3 is 2.86 bits per heavy atom. The molecule has 0 aliphatic carbocycles. The Bertz CT molecular complexity index is 464. The van der Waals surface area contributed by atoms with E-state index >= 15 is 0 Å². The van der Waals surface area contributed by atoms with E-state index in [-0.39, 0.29) is 12.4 Å². The standard InChI is InChI=1S/C10H9FOS2/c1-13-10-4-6-2-8(11)7(5-12)3-9(6)14-10/h2-4,12H,5H2,1H3. The van der Waals surface area contributed by atoms with Crippen LogP contribution in [0.4, 0.5) is 4.39 Å². The number of thioether (sulfide) groups is 1. The van der Waals surface area contributed by atoms with Crippen LogP contribution in [-0.4, -0.2) is 11.4 Å². The van der Waals surface area contributed by atoms with Gasteiger partial charge in [-0.1, -0.05) is 0 Å². The van der Waals surface area contributed by atoms with Crippen molar-refractivity contribution in [2.45, 2.75) is 10.8 Å². The summed E-state index contributed by atoms with van der Waals surface area (Å²) in [5.41, 5.74) is 0.368. The van der Waals surface area contributed by atoms with E-state index in [4.69, 9.17) is 5.11 Å². The van der Waals surface area contributed by atoms with Crippen molar-refractivity contribution >= 4 is 33.2 Å². The zero-order chi connectivity index (χ0) is 10.1. The minimum atomic E-state index is -0.328. The van der Waals surface area contributed by atoms with E-state index in [1.807, 2.05) is 12.3 Å². The quantitative estimate of drug-likeness (QED) is 0.796. The number of rotatable bonds is 2. The Balaban J connectivity index is 2.64. The molecule has 0 aliphatic rings. The zero-order valence-corrected chi connectivity index (χ0v) is 9.21. The van der Waals surface area contributed by atoms with Crippen LogP contribution in [0.3, 0.4) is 0 Å². The molecule has 1 nitrogen and oxygen atoms in total. The highest BCUT2D eigenvalue weighted by Crippen LogP contribution is 2.33. The lowest BCUT2D eigenvalue weighted by molar-refractivity contribution is 0.276. The second-order valence-corrected chi connectivity index (χ2v) is 5.10. The Labute approximate surface area is 89.6 Å². The molecule has 0 spiro atoms. The molecule has 0 fully saturated rings. The number of aliphatic hydroxyl groups is 1. The van der Waals surface area contributed by atoms with Gasteiger partial charge in [-0.3, -0.25) is 0 Å². The molecule has 1 N–H and O–H groups in total. The third-order valence-electron chi connectivity index (χ3n) is 2.03. The van der Waals surface area contributed by atoms with E-state index in [0.29, 0.717) is 5.56 Å². The van der Waals surface area contributed by atoms with Gasteiger partial charge in [0, 0.05) is 10.3 Å².